The predicted octanol–water partition coefficient (Wildman–Crippen LogP) is 4.22. The fourth-order valence-electron chi connectivity index (χ4n) is 2.01. The van der Waals surface area contributed by atoms with E-state index < -0.39 is 5.72 Å². The Morgan fingerprint density at radius 1 is 0.750 bits per heavy atom. The third kappa shape index (κ3) is 26.4. The Morgan fingerprint density at radius 3 is 1.45 bits per heavy atom. The quantitative estimate of drug-likeness (QED) is 0.372. The standard InChI is InChI=1S/C15H33NO.C2H6O/c1-4-5-6-7-8-9-10-11-12-13-14-16-15(2,3)17;1-2-3/h16-17H,4-14H2,1-3H3;3H,2H2,1H3. The summed E-state index contributed by atoms with van der Waals surface area (Å²) in [6, 6.07) is 0. The van der Waals surface area contributed by atoms with Crippen LogP contribution in [0.25, 0.3) is 0 Å². The Bertz CT molecular complexity index is 167. The Kier molecular flexibility index (Phi) is 18.8. The maximum absolute atomic E-state index is 9.45. The van der Waals surface area contributed by atoms with Gasteiger partial charge in [0.2, 0.25) is 0 Å². The van der Waals surface area contributed by atoms with Gasteiger partial charge in [-0.1, -0.05) is 64.7 Å². The number of rotatable bonds is 12. The average Bonchev–Trinajstić information content (AvgIpc) is 2.35. The second-order valence-corrected chi connectivity index (χ2v) is 5.98. The summed E-state index contributed by atoms with van der Waals surface area (Å²) in [5.74, 6) is 0. The number of aliphatic hydroxyl groups excluding tert-OH is 1. The van der Waals surface area contributed by atoms with Crippen LogP contribution >= 0.6 is 0 Å². The number of hydrogen-bond acceptors (Lipinski definition) is 3. The third-order valence-electron chi connectivity index (χ3n) is 3.09. The largest absolute Gasteiger partial charge is 0.397 e. The minimum absolute atomic E-state index is 0.250. The Balaban J connectivity index is 0. The lowest BCUT2D eigenvalue weighted by molar-refractivity contribution is 0.0435. The molecule has 0 fully saturated rings. The molecule has 0 aliphatic heterocycles. The summed E-state index contributed by atoms with van der Waals surface area (Å²) in [7, 11) is 0. The molecule has 3 heteroatoms. The Hall–Kier alpha value is -0.120. The lowest BCUT2D eigenvalue weighted by atomic mass is 10.1. The van der Waals surface area contributed by atoms with Gasteiger partial charge in [0.05, 0.1) is 0 Å². The van der Waals surface area contributed by atoms with E-state index in [0.717, 1.165) is 6.54 Å². The molecule has 0 aliphatic carbocycles. The first-order chi connectivity index (χ1) is 9.47. The van der Waals surface area contributed by atoms with E-state index in [9.17, 15) is 5.11 Å². The second kappa shape index (κ2) is 16.9. The molecule has 3 N–H and O–H groups in total. The summed E-state index contributed by atoms with van der Waals surface area (Å²) in [5.41, 5.74) is -0.709. The summed E-state index contributed by atoms with van der Waals surface area (Å²) in [6.07, 6.45) is 13.6. The van der Waals surface area contributed by atoms with Crippen molar-refractivity contribution in [2.45, 2.75) is 97.6 Å². The fourth-order valence-corrected chi connectivity index (χ4v) is 2.01. The molecule has 0 spiro atoms. The SMILES string of the molecule is CCCCCCCCCCCCNC(C)(C)O.CCO. The van der Waals surface area contributed by atoms with E-state index >= 15 is 0 Å². The van der Waals surface area contributed by atoms with Crippen molar-refractivity contribution < 1.29 is 10.2 Å². The summed E-state index contributed by atoms with van der Waals surface area (Å²) in [6.45, 7) is 8.72. The summed E-state index contributed by atoms with van der Waals surface area (Å²) in [4.78, 5) is 0. The zero-order valence-corrected chi connectivity index (χ0v) is 14.4. The minimum atomic E-state index is -0.709. The maximum atomic E-state index is 9.45. The highest BCUT2D eigenvalue weighted by atomic mass is 16.3. The molecule has 0 amide bonds. The molecule has 20 heavy (non-hydrogen) atoms. The normalized spacial score (nSPS) is 11.1. The maximum Gasteiger partial charge on any atom is 0.110 e. The van der Waals surface area contributed by atoms with E-state index in [1.807, 2.05) is 0 Å². The van der Waals surface area contributed by atoms with Crippen LogP contribution in [-0.4, -0.2) is 29.1 Å². The van der Waals surface area contributed by atoms with Crippen LogP contribution in [0.5, 0.6) is 0 Å². The molecule has 0 aliphatic rings. The summed E-state index contributed by atoms with van der Waals surface area (Å²) < 4.78 is 0. The fraction of sp³-hybridized carbons (Fsp3) is 1.00. The van der Waals surface area contributed by atoms with Crippen molar-refractivity contribution in [2.24, 2.45) is 0 Å². The van der Waals surface area contributed by atoms with E-state index in [1.165, 1.54) is 64.2 Å². The van der Waals surface area contributed by atoms with Crippen LogP contribution in [0, 0.1) is 0 Å². The molecule has 0 atom stereocenters. The highest BCUT2D eigenvalue weighted by Gasteiger charge is 2.08. The highest BCUT2D eigenvalue weighted by Crippen LogP contribution is 2.10. The molecular weight excluding hydrogens is 250 g/mol. The van der Waals surface area contributed by atoms with Gasteiger partial charge in [0.1, 0.15) is 5.72 Å². The molecule has 0 radical (unpaired) electrons. The molecule has 0 bridgehead atoms. The minimum Gasteiger partial charge on any atom is -0.397 e. The van der Waals surface area contributed by atoms with Gasteiger partial charge in [0.15, 0.2) is 0 Å². The molecule has 0 saturated carbocycles. The van der Waals surface area contributed by atoms with Gasteiger partial charge in [-0.2, -0.15) is 0 Å². The molecule has 0 unspecified atom stereocenters. The molecule has 124 valence electrons. The van der Waals surface area contributed by atoms with Crippen LogP contribution in [0.15, 0.2) is 0 Å². The number of hydrogen-bond donors (Lipinski definition) is 3. The van der Waals surface area contributed by atoms with Crippen LogP contribution in [-0.2, 0) is 0 Å². The van der Waals surface area contributed by atoms with Gasteiger partial charge >= 0.3 is 0 Å². The van der Waals surface area contributed by atoms with Gasteiger partial charge < -0.3 is 10.2 Å². The van der Waals surface area contributed by atoms with E-state index in [4.69, 9.17) is 5.11 Å². The van der Waals surface area contributed by atoms with Crippen molar-refractivity contribution in [3.63, 3.8) is 0 Å². The Morgan fingerprint density at radius 2 is 1.10 bits per heavy atom. The third-order valence-corrected chi connectivity index (χ3v) is 3.09. The molecule has 0 aromatic rings. The van der Waals surface area contributed by atoms with Crippen molar-refractivity contribution in [1.29, 1.82) is 0 Å². The lowest BCUT2D eigenvalue weighted by Gasteiger charge is -2.18. The van der Waals surface area contributed by atoms with Crippen molar-refractivity contribution >= 4 is 0 Å². The number of unbranched alkanes of at least 4 members (excludes halogenated alkanes) is 9. The van der Waals surface area contributed by atoms with Gasteiger partial charge in [-0.25, -0.2) is 0 Å². The van der Waals surface area contributed by atoms with Gasteiger partial charge in [0, 0.05) is 6.61 Å². The van der Waals surface area contributed by atoms with Crippen LogP contribution in [0.1, 0.15) is 91.9 Å². The summed E-state index contributed by atoms with van der Waals surface area (Å²) >= 11 is 0. The lowest BCUT2D eigenvalue weighted by Crippen LogP contribution is -2.39. The Labute approximate surface area is 127 Å². The van der Waals surface area contributed by atoms with Crippen molar-refractivity contribution in [3.8, 4) is 0 Å². The van der Waals surface area contributed by atoms with Crippen LogP contribution in [0.3, 0.4) is 0 Å². The first kappa shape index (κ1) is 22.2. The highest BCUT2D eigenvalue weighted by molar-refractivity contribution is 4.61. The molecule has 0 saturated heterocycles. The van der Waals surface area contributed by atoms with Gasteiger partial charge in [-0.3, -0.25) is 5.32 Å². The first-order valence-electron chi connectivity index (χ1n) is 8.56. The topological polar surface area (TPSA) is 52.5 Å². The second-order valence-electron chi connectivity index (χ2n) is 5.98. The van der Waals surface area contributed by atoms with Crippen LogP contribution in [0.2, 0.25) is 0 Å². The first-order valence-corrected chi connectivity index (χ1v) is 8.56. The number of aliphatic hydroxyl groups is 2. The zero-order valence-electron chi connectivity index (χ0n) is 14.4. The van der Waals surface area contributed by atoms with Crippen molar-refractivity contribution in [3.05, 3.63) is 0 Å². The van der Waals surface area contributed by atoms with E-state index in [2.05, 4.69) is 12.2 Å². The number of nitrogens with one attached hydrogen (secondary N) is 1. The summed E-state index contributed by atoms with van der Waals surface area (Å²) in [5, 5.41) is 20.1. The van der Waals surface area contributed by atoms with Gasteiger partial charge in [-0.05, 0) is 33.7 Å². The van der Waals surface area contributed by atoms with Gasteiger partial charge in [0.25, 0.3) is 0 Å². The van der Waals surface area contributed by atoms with Gasteiger partial charge in [-0.15, -0.1) is 0 Å². The van der Waals surface area contributed by atoms with Crippen molar-refractivity contribution in [1.82, 2.24) is 5.32 Å². The zero-order chi connectivity index (χ0) is 15.7. The monoisotopic (exact) mass is 289 g/mol. The van der Waals surface area contributed by atoms with Crippen LogP contribution < -0.4 is 5.32 Å². The predicted molar refractivity (Wildman–Crippen MR) is 88.9 cm³/mol. The molecule has 3 nitrogen and oxygen atoms in total. The molecule has 0 heterocycles. The molecule has 0 rings (SSSR count). The smallest absolute Gasteiger partial charge is 0.110 e. The van der Waals surface area contributed by atoms with E-state index in [1.54, 1.807) is 20.8 Å². The average molecular weight is 290 g/mol. The molecule has 0 aromatic heterocycles. The van der Waals surface area contributed by atoms with E-state index in [0.29, 0.717) is 0 Å². The van der Waals surface area contributed by atoms with E-state index in [-0.39, 0.29) is 6.61 Å². The molecule has 0 aromatic carbocycles. The molecular formula is C17H39NO2. The van der Waals surface area contributed by atoms with Crippen LogP contribution in [0.4, 0.5) is 0 Å². The van der Waals surface area contributed by atoms with Crippen molar-refractivity contribution in [2.75, 3.05) is 13.2 Å².